The summed E-state index contributed by atoms with van der Waals surface area (Å²) in [5.41, 5.74) is 0.595. The van der Waals surface area contributed by atoms with Gasteiger partial charge in [0.1, 0.15) is 5.82 Å². The van der Waals surface area contributed by atoms with E-state index in [0.717, 1.165) is 38.9 Å². The van der Waals surface area contributed by atoms with Crippen LogP contribution in [0.1, 0.15) is 25.7 Å². The Labute approximate surface area is 141 Å². The molecule has 1 aliphatic carbocycles. The fraction of sp³-hybridized carbons (Fsp3) is 0.556. The fourth-order valence-corrected chi connectivity index (χ4v) is 3.20. The van der Waals surface area contributed by atoms with Crippen molar-refractivity contribution in [1.82, 2.24) is 9.80 Å². The summed E-state index contributed by atoms with van der Waals surface area (Å²) in [6.07, 6.45) is 4.11. The number of amides is 2. The number of nitrogens with one attached hydrogen (secondary N) is 1. The summed E-state index contributed by atoms with van der Waals surface area (Å²) in [4.78, 5) is 28.5. The molecule has 1 aromatic rings. The van der Waals surface area contributed by atoms with Gasteiger partial charge in [0.15, 0.2) is 0 Å². The SMILES string of the molecule is O=C(CN1CCCN(C(=O)C2CCC2)CC1)Nc1ccc(F)cc1. The maximum Gasteiger partial charge on any atom is 0.238 e. The van der Waals surface area contributed by atoms with Gasteiger partial charge in [-0.05, 0) is 43.5 Å². The summed E-state index contributed by atoms with van der Waals surface area (Å²) in [5.74, 6) is 0.0919. The molecule has 1 N–H and O–H groups in total. The molecule has 130 valence electrons. The monoisotopic (exact) mass is 333 g/mol. The van der Waals surface area contributed by atoms with Crippen molar-refractivity contribution in [3.05, 3.63) is 30.1 Å². The fourth-order valence-electron chi connectivity index (χ4n) is 3.20. The molecule has 0 bridgehead atoms. The second-order valence-corrected chi connectivity index (χ2v) is 6.64. The zero-order valence-corrected chi connectivity index (χ0v) is 13.8. The van der Waals surface area contributed by atoms with Crippen molar-refractivity contribution in [3.63, 3.8) is 0 Å². The number of carbonyl (C=O) groups is 2. The molecule has 6 heteroatoms. The van der Waals surface area contributed by atoms with E-state index in [2.05, 4.69) is 10.2 Å². The highest BCUT2D eigenvalue weighted by molar-refractivity contribution is 5.92. The Hall–Kier alpha value is -1.95. The minimum Gasteiger partial charge on any atom is -0.341 e. The molecule has 5 nitrogen and oxygen atoms in total. The van der Waals surface area contributed by atoms with Crippen LogP contribution in [0.25, 0.3) is 0 Å². The van der Waals surface area contributed by atoms with Crippen LogP contribution in [0, 0.1) is 11.7 Å². The van der Waals surface area contributed by atoms with Crippen LogP contribution in [0.15, 0.2) is 24.3 Å². The van der Waals surface area contributed by atoms with Crippen molar-refractivity contribution >= 4 is 17.5 Å². The van der Waals surface area contributed by atoms with Gasteiger partial charge in [-0.25, -0.2) is 4.39 Å². The number of rotatable bonds is 4. The standard InChI is InChI=1S/C18H24FN3O2/c19-15-5-7-16(8-6-15)20-17(23)13-21-9-2-10-22(12-11-21)18(24)14-3-1-4-14/h5-8,14H,1-4,9-13H2,(H,20,23). The van der Waals surface area contributed by atoms with Crippen molar-refractivity contribution in [2.45, 2.75) is 25.7 Å². The van der Waals surface area contributed by atoms with Gasteiger partial charge >= 0.3 is 0 Å². The molecular weight excluding hydrogens is 309 g/mol. The zero-order valence-electron chi connectivity index (χ0n) is 13.8. The summed E-state index contributed by atoms with van der Waals surface area (Å²) >= 11 is 0. The normalized spacial score (nSPS) is 19.5. The van der Waals surface area contributed by atoms with Gasteiger partial charge in [0.25, 0.3) is 0 Å². The smallest absolute Gasteiger partial charge is 0.238 e. The van der Waals surface area contributed by atoms with Crippen molar-refractivity contribution in [2.24, 2.45) is 5.92 Å². The first-order valence-electron chi connectivity index (χ1n) is 8.68. The van der Waals surface area contributed by atoms with Gasteiger partial charge in [-0.2, -0.15) is 0 Å². The molecule has 3 rings (SSSR count). The number of hydrogen-bond donors (Lipinski definition) is 1. The van der Waals surface area contributed by atoms with E-state index >= 15 is 0 Å². The van der Waals surface area contributed by atoms with E-state index in [4.69, 9.17) is 0 Å². The Morgan fingerprint density at radius 2 is 1.79 bits per heavy atom. The van der Waals surface area contributed by atoms with Crippen molar-refractivity contribution in [1.29, 1.82) is 0 Å². The predicted octanol–water partition coefficient (Wildman–Crippen LogP) is 2.10. The Morgan fingerprint density at radius 3 is 2.46 bits per heavy atom. The first-order valence-corrected chi connectivity index (χ1v) is 8.68. The molecule has 1 aliphatic heterocycles. The molecule has 2 amide bonds. The predicted molar refractivity (Wildman–Crippen MR) is 90.0 cm³/mol. The average Bonchev–Trinajstić information content (AvgIpc) is 2.73. The lowest BCUT2D eigenvalue weighted by Gasteiger charge is -2.31. The first-order chi connectivity index (χ1) is 11.6. The Balaban J connectivity index is 1.46. The summed E-state index contributed by atoms with van der Waals surface area (Å²) in [6, 6.07) is 5.75. The lowest BCUT2D eigenvalue weighted by molar-refractivity contribution is -0.138. The molecule has 0 aromatic heterocycles. The van der Waals surface area contributed by atoms with Crippen LogP contribution in [0.5, 0.6) is 0 Å². The van der Waals surface area contributed by atoms with Gasteiger partial charge in [0.2, 0.25) is 11.8 Å². The molecular formula is C18H24FN3O2. The molecule has 0 radical (unpaired) electrons. The Bertz CT molecular complexity index is 586. The van der Waals surface area contributed by atoms with Crippen LogP contribution in [0.2, 0.25) is 0 Å². The van der Waals surface area contributed by atoms with Gasteiger partial charge in [-0.15, -0.1) is 0 Å². The van der Waals surface area contributed by atoms with E-state index in [1.54, 1.807) is 12.1 Å². The van der Waals surface area contributed by atoms with Crippen LogP contribution < -0.4 is 5.32 Å². The highest BCUT2D eigenvalue weighted by atomic mass is 19.1. The quantitative estimate of drug-likeness (QED) is 0.918. The molecule has 2 fully saturated rings. The van der Waals surface area contributed by atoms with Gasteiger partial charge in [0.05, 0.1) is 6.54 Å². The molecule has 2 aliphatic rings. The van der Waals surface area contributed by atoms with Crippen molar-refractivity contribution < 1.29 is 14.0 Å². The lowest BCUT2D eigenvalue weighted by atomic mass is 9.84. The van der Waals surface area contributed by atoms with Gasteiger partial charge in [-0.3, -0.25) is 14.5 Å². The van der Waals surface area contributed by atoms with E-state index in [1.165, 1.54) is 18.6 Å². The molecule has 1 saturated carbocycles. The Morgan fingerprint density at radius 1 is 1.04 bits per heavy atom. The number of benzene rings is 1. The highest BCUT2D eigenvalue weighted by Crippen LogP contribution is 2.28. The number of carbonyl (C=O) groups excluding carboxylic acids is 2. The van der Waals surface area contributed by atoms with Crippen LogP contribution in [-0.2, 0) is 9.59 Å². The van der Waals surface area contributed by atoms with Crippen molar-refractivity contribution in [2.75, 3.05) is 38.0 Å². The topological polar surface area (TPSA) is 52.7 Å². The summed E-state index contributed by atoms with van der Waals surface area (Å²) in [5, 5.41) is 2.78. The second kappa shape index (κ2) is 7.75. The highest BCUT2D eigenvalue weighted by Gasteiger charge is 2.30. The summed E-state index contributed by atoms with van der Waals surface area (Å²) < 4.78 is 12.9. The first kappa shape index (κ1) is 16.9. The molecule has 0 spiro atoms. The molecule has 0 atom stereocenters. The minimum atomic E-state index is -0.322. The molecule has 0 unspecified atom stereocenters. The van der Waals surface area contributed by atoms with E-state index in [0.29, 0.717) is 24.7 Å². The second-order valence-electron chi connectivity index (χ2n) is 6.64. The van der Waals surface area contributed by atoms with E-state index in [1.807, 2.05) is 4.90 Å². The number of hydrogen-bond acceptors (Lipinski definition) is 3. The van der Waals surface area contributed by atoms with Gasteiger partial charge in [0, 0.05) is 37.8 Å². The van der Waals surface area contributed by atoms with Crippen molar-refractivity contribution in [3.8, 4) is 0 Å². The van der Waals surface area contributed by atoms with Gasteiger partial charge in [-0.1, -0.05) is 6.42 Å². The molecule has 1 aromatic carbocycles. The third-order valence-corrected chi connectivity index (χ3v) is 4.85. The lowest BCUT2D eigenvalue weighted by Crippen LogP contribution is -2.41. The third kappa shape index (κ3) is 4.32. The number of anilines is 1. The van der Waals surface area contributed by atoms with E-state index in [-0.39, 0.29) is 17.6 Å². The van der Waals surface area contributed by atoms with E-state index in [9.17, 15) is 14.0 Å². The average molecular weight is 333 g/mol. The van der Waals surface area contributed by atoms with E-state index < -0.39 is 0 Å². The third-order valence-electron chi connectivity index (χ3n) is 4.85. The Kier molecular flexibility index (Phi) is 5.45. The zero-order chi connectivity index (χ0) is 16.9. The molecule has 1 heterocycles. The van der Waals surface area contributed by atoms with Crippen LogP contribution in [-0.4, -0.2) is 54.3 Å². The molecule has 1 saturated heterocycles. The summed E-state index contributed by atoms with van der Waals surface area (Å²) in [6.45, 7) is 3.30. The number of halogens is 1. The number of nitrogens with zero attached hydrogens (tertiary/aromatic N) is 2. The van der Waals surface area contributed by atoms with Crippen LogP contribution in [0.3, 0.4) is 0 Å². The summed E-state index contributed by atoms with van der Waals surface area (Å²) in [7, 11) is 0. The van der Waals surface area contributed by atoms with Crippen LogP contribution >= 0.6 is 0 Å². The molecule has 24 heavy (non-hydrogen) atoms. The maximum absolute atomic E-state index is 12.9. The minimum absolute atomic E-state index is 0.111. The largest absolute Gasteiger partial charge is 0.341 e. The van der Waals surface area contributed by atoms with Crippen LogP contribution in [0.4, 0.5) is 10.1 Å². The maximum atomic E-state index is 12.9. The van der Waals surface area contributed by atoms with Gasteiger partial charge < -0.3 is 10.2 Å².